The predicted octanol–water partition coefficient (Wildman–Crippen LogP) is 3.59. The van der Waals surface area contributed by atoms with Gasteiger partial charge in [0.1, 0.15) is 6.33 Å². The minimum absolute atomic E-state index is 0.341. The van der Waals surface area contributed by atoms with E-state index in [9.17, 15) is 4.79 Å². The third-order valence-electron chi connectivity index (χ3n) is 2.75. The molecule has 0 atom stereocenters. The summed E-state index contributed by atoms with van der Waals surface area (Å²) in [4.78, 5) is 15.4. The second-order valence-electron chi connectivity index (χ2n) is 4.71. The van der Waals surface area contributed by atoms with Crippen molar-refractivity contribution >= 4 is 23.8 Å². The van der Waals surface area contributed by atoms with Gasteiger partial charge >= 0.3 is 5.97 Å². The number of hydrogen-bond donors (Lipinski definition) is 0. The van der Waals surface area contributed by atoms with E-state index in [1.165, 1.54) is 23.3 Å². The fourth-order valence-corrected chi connectivity index (χ4v) is 1.96. The summed E-state index contributed by atoms with van der Waals surface area (Å²) < 4.78 is 10.8. The lowest BCUT2D eigenvalue weighted by molar-refractivity contribution is -0.137. The number of esters is 1. The Labute approximate surface area is 147 Å². The van der Waals surface area contributed by atoms with Crippen molar-refractivity contribution in [3.8, 4) is 11.4 Å². The molecular formula is C17H22ClN3O3. The molecule has 0 unspecified atom stereocenters. The molecule has 7 heteroatoms. The summed E-state index contributed by atoms with van der Waals surface area (Å²) in [7, 11) is 1.68. The molecule has 0 saturated heterocycles. The Morgan fingerprint density at radius 1 is 1.29 bits per heavy atom. The Bertz CT molecular complexity index is 661. The van der Waals surface area contributed by atoms with Gasteiger partial charge in [-0.3, -0.25) is 0 Å². The molecule has 1 heterocycles. The zero-order chi connectivity index (χ0) is 17.9. The number of ether oxygens (including phenoxy) is 2. The molecule has 0 aliphatic carbocycles. The second kappa shape index (κ2) is 10.6. The number of halogens is 1. The van der Waals surface area contributed by atoms with Gasteiger partial charge in [0.25, 0.3) is 0 Å². The van der Waals surface area contributed by atoms with Crippen LogP contribution in [-0.4, -0.2) is 41.1 Å². The van der Waals surface area contributed by atoms with Gasteiger partial charge in [-0.25, -0.2) is 14.5 Å². The topological polar surface area (TPSA) is 66.2 Å². The van der Waals surface area contributed by atoms with Crippen LogP contribution in [0.2, 0.25) is 5.02 Å². The fourth-order valence-electron chi connectivity index (χ4n) is 1.67. The molecule has 0 spiro atoms. The Morgan fingerprint density at radius 2 is 2.00 bits per heavy atom. The zero-order valence-electron chi connectivity index (χ0n) is 14.3. The van der Waals surface area contributed by atoms with Crippen LogP contribution in [0.15, 0.2) is 30.6 Å². The van der Waals surface area contributed by atoms with E-state index in [0.717, 1.165) is 17.7 Å². The predicted molar refractivity (Wildman–Crippen MR) is 94.7 cm³/mol. The van der Waals surface area contributed by atoms with Crippen LogP contribution in [0.3, 0.4) is 0 Å². The number of aromatic nitrogens is 3. The molecule has 0 radical (unpaired) electrons. The molecule has 0 saturated carbocycles. The van der Waals surface area contributed by atoms with Gasteiger partial charge in [-0.1, -0.05) is 11.6 Å². The van der Waals surface area contributed by atoms with E-state index in [1.807, 2.05) is 26.0 Å². The number of carbonyl (C=O) groups excluding carboxylic acids is 1. The minimum Gasteiger partial charge on any atom is -0.463 e. The lowest BCUT2D eigenvalue weighted by Crippen LogP contribution is -2.00. The second-order valence-corrected chi connectivity index (χ2v) is 5.15. The third kappa shape index (κ3) is 6.93. The Balaban J connectivity index is 0.000000648. The lowest BCUT2D eigenvalue weighted by atomic mass is 10.1. The third-order valence-corrected chi connectivity index (χ3v) is 2.97. The fraction of sp³-hybridized carbons (Fsp3) is 0.353. The molecule has 2 rings (SSSR count). The molecule has 1 aromatic carbocycles. The first-order chi connectivity index (χ1) is 11.5. The summed E-state index contributed by atoms with van der Waals surface area (Å²) in [5.74, 6) is 0.132. The van der Waals surface area contributed by atoms with Gasteiger partial charge in [0.05, 0.1) is 6.61 Å². The van der Waals surface area contributed by atoms with Crippen molar-refractivity contribution in [3.05, 3.63) is 41.2 Å². The zero-order valence-corrected chi connectivity index (χ0v) is 15.1. The van der Waals surface area contributed by atoms with E-state index >= 15 is 0 Å². The molecule has 0 N–H and O–H groups in total. The maximum atomic E-state index is 11.2. The summed E-state index contributed by atoms with van der Waals surface area (Å²) in [6, 6.07) is 5.60. The van der Waals surface area contributed by atoms with E-state index in [4.69, 9.17) is 16.3 Å². The minimum atomic E-state index is -0.414. The average molecular weight is 352 g/mol. The highest BCUT2D eigenvalue weighted by Crippen LogP contribution is 2.21. The van der Waals surface area contributed by atoms with Crippen LogP contribution in [-0.2, 0) is 14.3 Å². The van der Waals surface area contributed by atoms with E-state index in [1.54, 1.807) is 20.1 Å². The maximum Gasteiger partial charge on any atom is 0.332 e. The van der Waals surface area contributed by atoms with E-state index in [2.05, 4.69) is 14.8 Å². The van der Waals surface area contributed by atoms with Crippen molar-refractivity contribution in [2.24, 2.45) is 0 Å². The molecule has 0 aliphatic heterocycles. The molecule has 0 bridgehead atoms. The summed E-state index contributed by atoms with van der Waals surface area (Å²) >= 11 is 6.01. The van der Waals surface area contributed by atoms with Gasteiger partial charge in [-0.2, -0.15) is 0 Å². The summed E-state index contributed by atoms with van der Waals surface area (Å²) in [6.45, 7) is 6.82. The first kappa shape index (κ1) is 19.9. The monoisotopic (exact) mass is 351 g/mol. The number of methoxy groups -OCH3 is 1. The van der Waals surface area contributed by atoms with Crippen molar-refractivity contribution in [1.82, 2.24) is 14.8 Å². The van der Waals surface area contributed by atoms with E-state index < -0.39 is 5.97 Å². The molecule has 2 aromatic rings. The lowest BCUT2D eigenvalue weighted by Gasteiger charge is -1.99. The van der Waals surface area contributed by atoms with E-state index in [0.29, 0.717) is 17.5 Å². The highest BCUT2D eigenvalue weighted by atomic mass is 35.5. The van der Waals surface area contributed by atoms with Crippen molar-refractivity contribution < 1.29 is 14.3 Å². The van der Waals surface area contributed by atoms with Gasteiger partial charge < -0.3 is 9.47 Å². The normalized spacial score (nSPS) is 10.4. The molecule has 0 amide bonds. The van der Waals surface area contributed by atoms with Crippen LogP contribution in [0.5, 0.6) is 0 Å². The average Bonchev–Trinajstić information content (AvgIpc) is 3.01. The molecular weight excluding hydrogens is 330 g/mol. The SMILES string of the molecule is CCOC.CCOC(=O)/C=C/n1cnc(-c2cc(C)cc(Cl)c2)n1. The van der Waals surface area contributed by atoms with Crippen molar-refractivity contribution in [2.75, 3.05) is 20.3 Å². The first-order valence-electron chi connectivity index (χ1n) is 7.52. The van der Waals surface area contributed by atoms with Crippen LogP contribution in [0.1, 0.15) is 19.4 Å². The summed E-state index contributed by atoms with van der Waals surface area (Å²) in [5.41, 5.74) is 1.87. The van der Waals surface area contributed by atoms with Gasteiger partial charge in [-0.15, -0.1) is 5.10 Å². The molecule has 0 fully saturated rings. The van der Waals surface area contributed by atoms with Crippen molar-refractivity contribution in [2.45, 2.75) is 20.8 Å². The van der Waals surface area contributed by atoms with Gasteiger partial charge in [0.2, 0.25) is 0 Å². The molecule has 130 valence electrons. The Morgan fingerprint density at radius 3 is 2.58 bits per heavy atom. The number of benzene rings is 1. The highest BCUT2D eigenvalue weighted by Gasteiger charge is 2.05. The van der Waals surface area contributed by atoms with Crippen LogP contribution >= 0.6 is 11.6 Å². The number of carbonyl (C=O) groups is 1. The van der Waals surface area contributed by atoms with Crippen LogP contribution in [0, 0.1) is 6.92 Å². The van der Waals surface area contributed by atoms with Gasteiger partial charge in [0.15, 0.2) is 5.82 Å². The Hall–Kier alpha value is -2.18. The number of nitrogens with zero attached hydrogens (tertiary/aromatic N) is 3. The van der Waals surface area contributed by atoms with Crippen LogP contribution in [0.4, 0.5) is 0 Å². The van der Waals surface area contributed by atoms with E-state index in [-0.39, 0.29) is 0 Å². The van der Waals surface area contributed by atoms with Crippen molar-refractivity contribution in [1.29, 1.82) is 0 Å². The number of aryl methyl sites for hydroxylation is 1. The largest absolute Gasteiger partial charge is 0.463 e. The van der Waals surface area contributed by atoms with Gasteiger partial charge in [-0.05, 0) is 44.5 Å². The van der Waals surface area contributed by atoms with Crippen LogP contribution in [0.25, 0.3) is 17.6 Å². The molecule has 6 nitrogen and oxygen atoms in total. The number of rotatable bonds is 5. The molecule has 0 aliphatic rings. The van der Waals surface area contributed by atoms with Crippen molar-refractivity contribution in [3.63, 3.8) is 0 Å². The highest BCUT2D eigenvalue weighted by molar-refractivity contribution is 6.30. The summed E-state index contributed by atoms with van der Waals surface area (Å²) in [5, 5.41) is 4.88. The quantitative estimate of drug-likeness (QED) is 0.608. The number of hydrogen-bond acceptors (Lipinski definition) is 5. The maximum absolute atomic E-state index is 11.2. The Kier molecular flexibility index (Phi) is 8.75. The smallest absolute Gasteiger partial charge is 0.332 e. The molecule has 1 aromatic heterocycles. The van der Waals surface area contributed by atoms with Gasteiger partial charge in [0, 0.05) is 36.6 Å². The first-order valence-corrected chi connectivity index (χ1v) is 7.90. The molecule has 24 heavy (non-hydrogen) atoms. The van der Waals surface area contributed by atoms with Crippen LogP contribution < -0.4 is 0 Å². The standard InChI is InChI=1S/C14H14ClN3O2.C3H8O/c1-3-20-13(19)4-5-18-9-16-14(17-18)11-6-10(2)7-12(15)8-11;1-3-4-2/h4-9H,3H2,1-2H3;3H2,1-2H3/b5-4+;. The summed E-state index contributed by atoms with van der Waals surface area (Å²) in [6.07, 6.45) is 4.30.